The molecule has 92 valence electrons. The standard InChI is InChI=1S/C14H14NO2P/c1-2-17-18(16)13-9-5-3-7-11(13)15-12-8-4-6-10-14(12)18/h3-10,15H,2H2,1H3. The van der Waals surface area contributed by atoms with E-state index in [4.69, 9.17) is 4.52 Å². The summed E-state index contributed by atoms with van der Waals surface area (Å²) < 4.78 is 18.9. The Bertz CT molecular complexity index is 590. The van der Waals surface area contributed by atoms with Crippen molar-refractivity contribution in [2.45, 2.75) is 6.92 Å². The van der Waals surface area contributed by atoms with Gasteiger partial charge in [-0.3, -0.25) is 4.57 Å². The van der Waals surface area contributed by atoms with Crippen molar-refractivity contribution in [2.24, 2.45) is 0 Å². The summed E-state index contributed by atoms with van der Waals surface area (Å²) in [6, 6.07) is 15.2. The number of benzene rings is 2. The van der Waals surface area contributed by atoms with Crippen molar-refractivity contribution >= 4 is 29.4 Å². The monoisotopic (exact) mass is 259 g/mol. The molecule has 0 radical (unpaired) electrons. The summed E-state index contributed by atoms with van der Waals surface area (Å²) >= 11 is 0. The zero-order valence-corrected chi connectivity index (χ0v) is 11.0. The predicted molar refractivity (Wildman–Crippen MR) is 74.7 cm³/mol. The third kappa shape index (κ3) is 1.59. The normalized spacial score (nSPS) is 15.4. The summed E-state index contributed by atoms with van der Waals surface area (Å²) in [6.45, 7) is 2.30. The molecule has 0 saturated heterocycles. The topological polar surface area (TPSA) is 38.3 Å². The Kier molecular flexibility index (Phi) is 2.73. The van der Waals surface area contributed by atoms with Gasteiger partial charge in [-0.25, -0.2) is 0 Å². The summed E-state index contributed by atoms with van der Waals surface area (Å²) in [5.41, 5.74) is 1.74. The molecule has 2 aromatic carbocycles. The lowest BCUT2D eigenvalue weighted by molar-refractivity contribution is 0.348. The van der Waals surface area contributed by atoms with Crippen molar-refractivity contribution in [2.75, 3.05) is 11.9 Å². The van der Waals surface area contributed by atoms with Crippen molar-refractivity contribution in [3.8, 4) is 0 Å². The molecule has 0 spiro atoms. The molecule has 3 rings (SSSR count). The van der Waals surface area contributed by atoms with E-state index in [0.29, 0.717) is 6.61 Å². The van der Waals surface area contributed by atoms with Gasteiger partial charge in [0, 0.05) is 0 Å². The number of nitrogens with one attached hydrogen (secondary N) is 1. The van der Waals surface area contributed by atoms with Crippen molar-refractivity contribution in [3.63, 3.8) is 0 Å². The maximum absolute atomic E-state index is 13.2. The number of fused-ring (bicyclic) bond motifs is 2. The molecule has 1 N–H and O–H groups in total. The average Bonchev–Trinajstić information content (AvgIpc) is 2.40. The van der Waals surface area contributed by atoms with E-state index in [-0.39, 0.29) is 0 Å². The van der Waals surface area contributed by atoms with E-state index >= 15 is 0 Å². The van der Waals surface area contributed by atoms with Crippen LogP contribution in [-0.4, -0.2) is 6.61 Å². The molecule has 0 bridgehead atoms. The lowest BCUT2D eigenvalue weighted by atomic mass is 10.2. The highest BCUT2D eigenvalue weighted by Gasteiger charge is 2.36. The van der Waals surface area contributed by atoms with Crippen molar-refractivity contribution in [1.29, 1.82) is 0 Å². The van der Waals surface area contributed by atoms with E-state index in [9.17, 15) is 4.57 Å². The van der Waals surface area contributed by atoms with Crippen molar-refractivity contribution < 1.29 is 9.09 Å². The molecular formula is C14H14NO2P. The van der Waals surface area contributed by atoms with Gasteiger partial charge >= 0.3 is 0 Å². The Labute approximate surface area is 106 Å². The second-order valence-corrected chi connectivity index (χ2v) is 6.45. The molecule has 1 aliphatic rings. The van der Waals surface area contributed by atoms with Crippen LogP contribution in [0, 0.1) is 0 Å². The Balaban J connectivity index is 2.27. The number of para-hydroxylation sites is 2. The first-order valence-electron chi connectivity index (χ1n) is 5.96. The van der Waals surface area contributed by atoms with Gasteiger partial charge in [0.15, 0.2) is 0 Å². The van der Waals surface area contributed by atoms with Crippen LogP contribution < -0.4 is 15.9 Å². The van der Waals surface area contributed by atoms with Gasteiger partial charge in [-0.1, -0.05) is 24.3 Å². The molecule has 0 aromatic heterocycles. The minimum absolute atomic E-state index is 0.431. The number of rotatable bonds is 2. The van der Waals surface area contributed by atoms with Crippen LogP contribution in [0.1, 0.15) is 6.92 Å². The highest BCUT2D eigenvalue weighted by atomic mass is 31.2. The lowest BCUT2D eigenvalue weighted by Crippen LogP contribution is -2.27. The predicted octanol–water partition coefficient (Wildman–Crippen LogP) is 3.01. The minimum Gasteiger partial charge on any atom is -0.354 e. The smallest absolute Gasteiger partial charge is 0.265 e. The van der Waals surface area contributed by atoms with Gasteiger partial charge in [-0.15, -0.1) is 0 Å². The summed E-state index contributed by atoms with van der Waals surface area (Å²) in [5.74, 6) is 0. The van der Waals surface area contributed by atoms with E-state index in [1.165, 1.54) is 0 Å². The highest BCUT2D eigenvalue weighted by molar-refractivity contribution is 7.75. The van der Waals surface area contributed by atoms with Crippen LogP contribution >= 0.6 is 7.37 Å². The molecular weight excluding hydrogens is 245 g/mol. The summed E-state index contributed by atoms with van der Waals surface area (Å²) in [4.78, 5) is 0. The Morgan fingerprint density at radius 1 is 1.00 bits per heavy atom. The van der Waals surface area contributed by atoms with E-state index in [0.717, 1.165) is 22.0 Å². The zero-order chi connectivity index (χ0) is 12.6. The Morgan fingerprint density at radius 3 is 2.00 bits per heavy atom. The summed E-state index contributed by atoms with van der Waals surface area (Å²) in [7, 11) is -2.96. The fourth-order valence-corrected chi connectivity index (χ4v) is 4.63. The fraction of sp³-hybridized carbons (Fsp3) is 0.143. The van der Waals surface area contributed by atoms with Crippen LogP contribution in [0.15, 0.2) is 48.5 Å². The van der Waals surface area contributed by atoms with E-state index in [1.54, 1.807) is 0 Å². The number of hydrogen-bond acceptors (Lipinski definition) is 3. The average molecular weight is 259 g/mol. The van der Waals surface area contributed by atoms with Gasteiger partial charge in [0.05, 0.1) is 28.6 Å². The van der Waals surface area contributed by atoms with E-state index < -0.39 is 7.37 Å². The molecule has 0 amide bonds. The molecule has 1 aliphatic heterocycles. The minimum atomic E-state index is -2.96. The molecule has 4 heteroatoms. The van der Waals surface area contributed by atoms with Gasteiger partial charge in [-0.2, -0.15) is 0 Å². The first kappa shape index (κ1) is 11.5. The van der Waals surface area contributed by atoms with Crippen LogP contribution in [-0.2, 0) is 9.09 Å². The van der Waals surface area contributed by atoms with Gasteiger partial charge in [0.2, 0.25) is 0 Å². The molecule has 0 atom stereocenters. The lowest BCUT2D eigenvalue weighted by Gasteiger charge is -2.28. The molecule has 0 unspecified atom stereocenters. The molecule has 0 saturated carbocycles. The Morgan fingerprint density at radius 2 is 1.50 bits per heavy atom. The largest absolute Gasteiger partial charge is 0.354 e. The van der Waals surface area contributed by atoms with Crippen LogP contribution in [0.3, 0.4) is 0 Å². The summed E-state index contributed by atoms with van der Waals surface area (Å²) in [5, 5.41) is 4.81. The van der Waals surface area contributed by atoms with Crippen LogP contribution in [0.4, 0.5) is 11.4 Å². The van der Waals surface area contributed by atoms with Gasteiger partial charge in [-0.05, 0) is 31.2 Å². The van der Waals surface area contributed by atoms with Gasteiger partial charge in [0.1, 0.15) is 0 Å². The number of hydrogen-bond donors (Lipinski definition) is 1. The summed E-state index contributed by atoms with van der Waals surface area (Å²) in [6.07, 6.45) is 0. The maximum Gasteiger partial charge on any atom is 0.265 e. The van der Waals surface area contributed by atoms with Gasteiger partial charge in [0.25, 0.3) is 7.37 Å². The molecule has 0 aliphatic carbocycles. The quantitative estimate of drug-likeness (QED) is 0.842. The van der Waals surface area contributed by atoms with Crippen LogP contribution in [0.5, 0.6) is 0 Å². The maximum atomic E-state index is 13.2. The molecule has 18 heavy (non-hydrogen) atoms. The SMILES string of the molecule is CCOP1(=O)c2ccccc2Nc2ccccc21. The molecule has 1 heterocycles. The second kappa shape index (κ2) is 4.27. The van der Waals surface area contributed by atoms with Gasteiger partial charge < -0.3 is 9.84 Å². The molecule has 3 nitrogen and oxygen atoms in total. The number of anilines is 2. The second-order valence-electron chi connectivity index (χ2n) is 4.13. The third-order valence-corrected chi connectivity index (χ3v) is 5.69. The fourth-order valence-electron chi connectivity index (χ4n) is 2.27. The van der Waals surface area contributed by atoms with E-state index in [2.05, 4.69) is 5.32 Å². The third-order valence-electron chi connectivity index (χ3n) is 3.02. The zero-order valence-electron chi connectivity index (χ0n) is 10.1. The van der Waals surface area contributed by atoms with Crippen molar-refractivity contribution in [1.82, 2.24) is 0 Å². The van der Waals surface area contributed by atoms with Crippen LogP contribution in [0.25, 0.3) is 0 Å². The Hall–Kier alpha value is -1.57. The first-order valence-corrected chi connectivity index (χ1v) is 7.59. The molecule has 2 aromatic rings. The van der Waals surface area contributed by atoms with Crippen LogP contribution in [0.2, 0.25) is 0 Å². The first-order chi connectivity index (χ1) is 8.75. The molecule has 0 fully saturated rings. The highest BCUT2D eigenvalue weighted by Crippen LogP contribution is 2.51. The van der Waals surface area contributed by atoms with E-state index in [1.807, 2.05) is 55.5 Å². The van der Waals surface area contributed by atoms with Crippen molar-refractivity contribution in [3.05, 3.63) is 48.5 Å².